The van der Waals surface area contributed by atoms with Gasteiger partial charge in [-0.25, -0.2) is 13.1 Å². The summed E-state index contributed by atoms with van der Waals surface area (Å²) in [6.07, 6.45) is 10.3. The largest absolute Gasteiger partial charge is 0.487 e. The van der Waals surface area contributed by atoms with E-state index in [0.29, 0.717) is 36.3 Å². The molecule has 6 atom stereocenters. The lowest BCUT2D eigenvalue weighted by atomic mass is 9.63. The number of nitrogens with one attached hydrogen (secondary N) is 1. The molecule has 0 radical (unpaired) electrons. The maximum Gasteiger partial charge on any atom is 0.264 e. The third-order valence-electron chi connectivity index (χ3n) is 14.0. The van der Waals surface area contributed by atoms with Crippen LogP contribution in [0.15, 0.2) is 48.6 Å². The van der Waals surface area contributed by atoms with Gasteiger partial charge in [0.05, 0.1) is 30.2 Å². The number of nitrogens with zero attached hydrogens (tertiary/aromatic N) is 3. The van der Waals surface area contributed by atoms with Crippen molar-refractivity contribution in [1.29, 1.82) is 0 Å². The second-order valence-electron chi connectivity index (χ2n) is 17.3. The van der Waals surface area contributed by atoms with Gasteiger partial charge in [-0.2, -0.15) is 0 Å². The maximum absolute atomic E-state index is 14.1. The number of hydrogen-bond donors (Lipinski definition) is 1. The fourth-order valence-electron chi connectivity index (χ4n) is 10.4. The number of carbonyl (C=O) groups excluding carboxylic acids is 1. The summed E-state index contributed by atoms with van der Waals surface area (Å²) in [5, 5.41) is -0.115. The van der Waals surface area contributed by atoms with E-state index in [2.05, 4.69) is 31.6 Å². The van der Waals surface area contributed by atoms with Crippen LogP contribution >= 0.6 is 11.6 Å². The molecule has 11 nitrogen and oxygen atoms in total. The number of allylic oxidation sites excluding steroid dienone is 1. The SMILES string of the molecule is COCC[C@@H]1[C@@H](C)C/C=C/[C@@](CN2CCN(C3COC3)CC2)(OC)[C@@H]2CC3CC32CN2CCCCc3cc(Cl)ccc3COc3ccc(cc32)C(=O)NS1(=O)=O. The minimum Gasteiger partial charge on any atom is -0.487 e. The summed E-state index contributed by atoms with van der Waals surface area (Å²) in [7, 11) is -0.631. The third-order valence-corrected chi connectivity index (χ3v) is 16.2. The Labute approximate surface area is 338 Å². The number of amides is 1. The lowest BCUT2D eigenvalue weighted by molar-refractivity contribution is -0.111. The first-order valence-electron chi connectivity index (χ1n) is 20.6. The second-order valence-corrected chi connectivity index (χ2v) is 19.6. The number of piperazine rings is 1. The van der Waals surface area contributed by atoms with Gasteiger partial charge in [0.15, 0.2) is 0 Å². The summed E-state index contributed by atoms with van der Waals surface area (Å²) < 4.78 is 54.9. The average molecular weight is 811 g/mol. The van der Waals surface area contributed by atoms with Crippen LogP contribution in [0.2, 0.25) is 5.02 Å². The standard InChI is InChI=1S/C43H59ClN4O7S/c1-30-7-6-14-43(53-3,29-46-16-18-47(19-17-46)36-26-54-27-36)40-23-34-24-42(34,40)28-48-15-5-4-8-31-21-35(44)11-9-33(31)25-55-38-12-10-32(22-37(38)48)41(49)45-56(50,51)39(30)13-20-52-2/h6,9-12,14,21-22,30,34,36,39-40H,4-5,7-8,13,15-20,23-29H2,1-3H3,(H,45,49)/b14-6+/t30-,34?,39+,40+,42?,43-/m0/s1. The monoisotopic (exact) mass is 810 g/mol. The van der Waals surface area contributed by atoms with Gasteiger partial charge in [0.25, 0.3) is 5.91 Å². The van der Waals surface area contributed by atoms with Crippen LogP contribution in [-0.2, 0) is 37.3 Å². The predicted molar refractivity (Wildman–Crippen MR) is 218 cm³/mol. The molecule has 0 aromatic heterocycles. The van der Waals surface area contributed by atoms with Gasteiger partial charge in [0.2, 0.25) is 10.0 Å². The molecule has 13 heteroatoms. The molecule has 4 fully saturated rings. The zero-order valence-corrected chi connectivity index (χ0v) is 34.8. The number of halogens is 1. The van der Waals surface area contributed by atoms with Gasteiger partial charge in [-0.15, -0.1) is 0 Å². The van der Waals surface area contributed by atoms with E-state index in [0.717, 1.165) is 107 Å². The quantitative estimate of drug-likeness (QED) is 0.358. The highest BCUT2D eigenvalue weighted by molar-refractivity contribution is 7.90. The van der Waals surface area contributed by atoms with E-state index in [9.17, 15) is 13.2 Å². The molecule has 4 aliphatic heterocycles. The molecule has 2 aromatic carbocycles. The minimum absolute atomic E-state index is 0.0463. The second kappa shape index (κ2) is 16.5. The lowest BCUT2D eigenvalue weighted by Crippen LogP contribution is -2.61. The van der Waals surface area contributed by atoms with Gasteiger partial charge >= 0.3 is 0 Å². The first-order valence-corrected chi connectivity index (χ1v) is 22.6. The van der Waals surface area contributed by atoms with Crippen molar-refractivity contribution in [3.05, 3.63) is 70.3 Å². The number of carbonyl (C=O) groups is 1. The Kier molecular flexibility index (Phi) is 11.8. The van der Waals surface area contributed by atoms with Gasteiger partial charge in [0.1, 0.15) is 18.0 Å². The van der Waals surface area contributed by atoms with Crippen LogP contribution in [0, 0.1) is 23.2 Å². The van der Waals surface area contributed by atoms with Gasteiger partial charge in [-0.1, -0.05) is 36.7 Å². The summed E-state index contributed by atoms with van der Waals surface area (Å²) in [4.78, 5) is 21.5. The molecule has 1 N–H and O–H groups in total. The van der Waals surface area contributed by atoms with Crippen molar-refractivity contribution in [3.63, 3.8) is 0 Å². The first kappa shape index (κ1) is 40.1. The van der Waals surface area contributed by atoms with Gasteiger partial charge in [-0.3, -0.25) is 14.6 Å². The van der Waals surface area contributed by atoms with E-state index in [1.807, 2.05) is 44.4 Å². The molecule has 8 rings (SSSR count). The highest BCUT2D eigenvalue weighted by Gasteiger charge is 2.72. The molecule has 2 bridgehead atoms. The van der Waals surface area contributed by atoms with Crippen molar-refractivity contribution in [2.45, 2.75) is 75.4 Å². The number of hydrogen-bond acceptors (Lipinski definition) is 10. The van der Waals surface area contributed by atoms with E-state index in [1.165, 1.54) is 5.56 Å². The van der Waals surface area contributed by atoms with Crippen molar-refractivity contribution in [2.75, 3.05) is 84.8 Å². The predicted octanol–water partition coefficient (Wildman–Crippen LogP) is 5.55. The summed E-state index contributed by atoms with van der Waals surface area (Å²) >= 11 is 6.44. The van der Waals surface area contributed by atoms with Gasteiger partial charge in [0, 0.05) is 83.1 Å². The fourth-order valence-corrected chi connectivity index (χ4v) is 12.3. The van der Waals surface area contributed by atoms with Crippen molar-refractivity contribution >= 4 is 33.2 Å². The molecular formula is C43H59ClN4O7S. The molecule has 2 saturated carbocycles. The van der Waals surface area contributed by atoms with Crippen molar-refractivity contribution in [2.24, 2.45) is 23.2 Å². The van der Waals surface area contributed by atoms with Crippen LogP contribution in [0.25, 0.3) is 0 Å². The summed E-state index contributed by atoms with van der Waals surface area (Å²) in [6.45, 7) is 10.6. The van der Waals surface area contributed by atoms with E-state index in [-0.39, 0.29) is 30.3 Å². The van der Waals surface area contributed by atoms with Gasteiger partial charge in [-0.05, 0) is 104 Å². The number of aryl methyl sites for hydroxylation is 1. The molecule has 2 aromatic rings. The number of methoxy groups -OCH3 is 2. The normalized spacial score (nSPS) is 33.2. The van der Waals surface area contributed by atoms with Gasteiger partial charge < -0.3 is 23.8 Å². The smallest absolute Gasteiger partial charge is 0.264 e. The third kappa shape index (κ3) is 8.01. The summed E-state index contributed by atoms with van der Waals surface area (Å²) in [6, 6.07) is 11.9. The molecule has 2 unspecified atom stereocenters. The van der Waals surface area contributed by atoms with Crippen molar-refractivity contribution < 1.29 is 32.2 Å². The Bertz CT molecular complexity index is 1880. The topological polar surface area (TPSA) is 110 Å². The molecule has 2 aliphatic carbocycles. The van der Waals surface area contributed by atoms with E-state index in [4.69, 9.17) is 30.5 Å². The molecule has 6 aliphatic rings. The number of rotatable bonds is 7. The number of fused-ring (bicyclic) bond motifs is 2. The Morgan fingerprint density at radius 2 is 1.84 bits per heavy atom. The van der Waals surface area contributed by atoms with Crippen LogP contribution in [0.4, 0.5) is 5.69 Å². The lowest BCUT2D eigenvalue weighted by Gasteiger charge is -2.52. The fraction of sp³-hybridized carbons (Fsp3) is 0.651. The maximum atomic E-state index is 14.1. The molecule has 4 heterocycles. The van der Waals surface area contributed by atoms with Crippen LogP contribution in [0.5, 0.6) is 5.75 Å². The van der Waals surface area contributed by atoms with Crippen LogP contribution < -0.4 is 14.4 Å². The van der Waals surface area contributed by atoms with E-state index >= 15 is 0 Å². The van der Waals surface area contributed by atoms with Crippen LogP contribution in [0.1, 0.15) is 66.9 Å². The molecule has 2 saturated heterocycles. The van der Waals surface area contributed by atoms with E-state index in [1.54, 1.807) is 13.2 Å². The zero-order chi connectivity index (χ0) is 39.1. The van der Waals surface area contributed by atoms with Crippen LogP contribution in [0.3, 0.4) is 0 Å². The number of benzene rings is 2. The van der Waals surface area contributed by atoms with Crippen LogP contribution in [-0.4, -0.2) is 121 Å². The average Bonchev–Trinajstić information content (AvgIpc) is 3.72. The Morgan fingerprint density at radius 1 is 1.02 bits per heavy atom. The summed E-state index contributed by atoms with van der Waals surface area (Å²) in [5.41, 5.74) is 2.90. The molecule has 306 valence electrons. The molecule has 56 heavy (non-hydrogen) atoms. The minimum atomic E-state index is -4.07. The zero-order valence-electron chi connectivity index (χ0n) is 33.2. The molecule has 1 spiro atoms. The first-order chi connectivity index (χ1) is 27.0. The Hall–Kier alpha value is -2.71. The highest BCUT2D eigenvalue weighted by Crippen LogP contribution is 2.74. The number of anilines is 1. The van der Waals surface area contributed by atoms with Crippen molar-refractivity contribution in [3.8, 4) is 5.75 Å². The highest BCUT2D eigenvalue weighted by atomic mass is 35.5. The molecule has 1 amide bonds. The van der Waals surface area contributed by atoms with E-state index < -0.39 is 26.8 Å². The molecular weight excluding hydrogens is 752 g/mol. The Balaban J connectivity index is 1.17. The number of ether oxygens (including phenoxy) is 4. The Morgan fingerprint density at radius 3 is 2.55 bits per heavy atom. The summed E-state index contributed by atoms with van der Waals surface area (Å²) in [5.74, 6) is 0.646. The van der Waals surface area contributed by atoms with Crippen molar-refractivity contribution in [1.82, 2.24) is 14.5 Å². The number of sulfonamides is 1.